The van der Waals surface area contributed by atoms with Crippen molar-refractivity contribution in [3.63, 3.8) is 0 Å². The fraction of sp³-hybridized carbons (Fsp3) is 0.200. The van der Waals surface area contributed by atoms with E-state index in [-0.39, 0.29) is 23.0 Å². The zero-order valence-corrected chi connectivity index (χ0v) is 12.5. The van der Waals surface area contributed by atoms with Crippen LogP contribution < -0.4 is 10.1 Å². The molecule has 1 amide bonds. The van der Waals surface area contributed by atoms with Crippen LogP contribution in [-0.2, 0) is 6.54 Å². The topological polar surface area (TPSA) is 51.2 Å². The molecule has 0 aliphatic carbocycles. The number of amides is 1. The fourth-order valence-corrected chi connectivity index (χ4v) is 1.98. The van der Waals surface area contributed by atoms with Crippen molar-refractivity contribution < 1.29 is 22.7 Å². The van der Waals surface area contributed by atoms with Gasteiger partial charge >= 0.3 is 6.18 Å². The second kappa shape index (κ2) is 7.32. The molecule has 0 radical (unpaired) electrons. The lowest BCUT2D eigenvalue weighted by Gasteiger charge is -2.12. The molecule has 1 N–H and O–H groups in total. The lowest BCUT2D eigenvalue weighted by atomic mass is 10.2. The molecule has 0 atom stereocenters. The first-order valence-corrected chi connectivity index (χ1v) is 6.91. The Morgan fingerprint density at radius 3 is 2.65 bits per heavy atom. The Balaban J connectivity index is 2.03. The third-order valence-corrected chi connectivity index (χ3v) is 3.11. The molecule has 0 fully saturated rings. The highest BCUT2D eigenvalue weighted by Crippen LogP contribution is 2.20. The van der Waals surface area contributed by atoms with E-state index in [2.05, 4.69) is 15.0 Å². The summed E-state index contributed by atoms with van der Waals surface area (Å²) in [6.07, 6.45) is -3.15. The van der Waals surface area contributed by atoms with Gasteiger partial charge in [-0.05, 0) is 18.2 Å². The second-order valence-corrected chi connectivity index (χ2v) is 4.94. The number of aromatic nitrogens is 1. The Bertz CT molecular complexity index is 692. The molecule has 1 heterocycles. The number of pyridine rings is 1. The molecule has 0 saturated heterocycles. The Morgan fingerprint density at radius 1 is 1.22 bits per heavy atom. The summed E-state index contributed by atoms with van der Waals surface area (Å²) in [5.41, 5.74) is 0.605. The lowest BCUT2D eigenvalue weighted by Crippen LogP contribution is -2.24. The fourth-order valence-electron chi connectivity index (χ4n) is 1.75. The lowest BCUT2D eigenvalue weighted by molar-refractivity contribution is -0.154. The maximum Gasteiger partial charge on any atom is 0.422 e. The average Bonchev–Trinajstić information content (AvgIpc) is 2.51. The highest BCUT2D eigenvalue weighted by Gasteiger charge is 2.29. The predicted octanol–water partition coefficient (Wildman–Crippen LogP) is 3.61. The summed E-state index contributed by atoms with van der Waals surface area (Å²) in [6.45, 7) is -1.49. The van der Waals surface area contributed by atoms with Crippen LogP contribution in [0.25, 0.3) is 0 Å². The van der Waals surface area contributed by atoms with Gasteiger partial charge in [0.1, 0.15) is 0 Å². The van der Waals surface area contributed by atoms with Gasteiger partial charge in [-0.25, -0.2) is 4.98 Å². The highest BCUT2D eigenvalue weighted by atomic mass is 35.5. The zero-order chi connectivity index (χ0) is 16.9. The number of rotatable bonds is 5. The van der Waals surface area contributed by atoms with Crippen molar-refractivity contribution in [1.29, 1.82) is 0 Å². The number of carbonyl (C=O) groups excluding carboxylic acids is 1. The number of carbonyl (C=O) groups is 1. The maximum absolute atomic E-state index is 12.2. The van der Waals surface area contributed by atoms with Gasteiger partial charge in [0.15, 0.2) is 6.61 Å². The van der Waals surface area contributed by atoms with Gasteiger partial charge in [-0.2, -0.15) is 13.2 Å². The number of alkyl halides is 3. The van der Waals surface area contributed by atoms with Crippen molar-refractivity contribution in [2.75, 3.05) is 6.61 Å². The number of hydrogen-bond acceptors (Lipinski definition) is 3. The third-order valence-electron chi connectivity index (χ3n) is 2.78. The molecule has 1 aromatic carbocycles. The van der Waals surface area contributed by atoms with E-state index in [1.807, 2.05) is 0 Å². The Kier molecular flexibility index (Phi) is 5.44. The van der Waals surface area contributed by atoms with Crippen LogP contribution in [-0.4, -0.2) is 23.7 Å². The minimum absolute atomic E-state index is 0.0366. The van der Waals surface area contributed by atoms with Crippen molar-refractivity contribution in [2.45, 2.75) is 12.7 Å². The van der Waals surface area contributed by atoms with Crippen molar-refractivity contribution in [3.05, 3.63) is 58.7 Å². The van der Waals surface area contributed by atoms with Crippen LogP contribution in [0, 0.1) is 0 Å². The summed E-state index contributed by atoms with van der Waals surface area (Å²) in [7, 11) is 0. The van der Waals surface area contributed by atoms with Crippen molar-refractivity contribution in [3.8, 4) is 5.88 Å². The van der Waals surface area contributed by atoms with Gasteiger partial charge in [-0.1, -0.05) is 29.8 Å². The molecule has 2 aromatic rings. The third kappa shape index (κ3) is 5.14. The molecule has 0 aliphatic heterocycles. The van der Waals surface area contributed by atoms with Crippen molar-refractivity contribution in [2.24, 2.45) is 0 Å². The van der Waals surface area contributed by atoms with Crippen LogP contribution in [0.2, 0.25) is 5.02 Å². The molecule has 23 heavy (non-hydrogen) atoms. The number of ether oxygens (including phenoxy) is 1. The highest BCUT2D eigenvalue weighted by molar-refractivity contribution is 6.33. The average molecular weight is 345 g/mol. The van der Waals surface area contributed by atoms with Crippen LogP contribution >= 0.6 is 11.6 Å². The number of halogens is 4. The van der Waals surface area contributed by atoms with E-state index in [0.29, 0.717) is 5.56 Å². The molecular formula is C15H12ClF3N2O2. The molecule has 0 bridgehead atoms. The van der Waals surface area contributed by atoms with E-state index in [1.54, 1.807) is 24.3 Å². The molecule has 0 unspecified atom stereocenters. The minimum Gasteiger partial charge on any atom is -0.468 e. The van der Waals surface area contributed by atoms with Gasteiger partial charge in [0.2, 0.25) is 5.88 Å². The van der Waals surface area contributed by atoms with Crippen LogP contribution in [0.5, 0.6) is 5.88 Å². The smallest absolute Gasteiger partial charge is 0.422 e. The summed E-state index contributed by atoms with van der Waals surface area (Å²) in [6, 6.07) is 9.51. The summed E-state index contributed by atoms with van der Waals surface area (Å²) in [5.74, 6) is -0.620. The number of nitrogens with zero attached hydrogens (tertiary/aromatic N) is 1. The van der Waals surface area contributed by atoms with Gasteiger partial charge in [0.05, 0.1) is 10.6 Å². The first-order valence-electron chi connectivity index (χ1n) is 6.53. The molecule has 1 aromatic heterocycles. The first kappa shape index (κ1) is 17.1. The number of hydrogen-bond donors (Lipinski definition) is 1. The van der Waals surface area contributed by atoms with Gasteiger partial charge in [0.25, 0.3) is 5.91 Å². The number of nitrogens with one attached hydrogen (secondary N) is 1. The van der Waals surface area contributed by atoms with E-state index in [4.69, 9.17) is 11.6 Å². The Hall–Kier alpha value is -2.28. The molecule has 0 saturated carbocycles. The number of benzene rings is 1. The van der Waals surface area contributed by atoms with Gasteiger partial charge in [-0.15, -0.1) is 0 Å². The minimum atomic E-state index is -4.46. The first-order chi connectivity index (χ1) is 10.9. The quantitative estimate of drug-likeness (QED) is 0.901. The maximum atomic E-state index is 12.2. The monoisotopic (exact) mass is 344 g/mol. The summed E-state index contributed by atoms with van der Waals surface area (Å²) in [4.78, 5) is 15.8. The molecular weight excluding hydrogens is 333 g/mol. The summed E-state index contributed by atoms with van der Waals surface area (Å²) >= 11 is 5.91. The summed E-state index contributed by atoms with van der Waals surface area (Å²) < 4.78 is 41.3. The van der Waals surface area contributed by atoms with Crippen LogP contribution in [0.3, 0.4) is 0 Å². The molecule has 8 heteroatoms. The second-order valence-electron chi connectivity index (χ2n) is 4.53. The standard InChI is InChI=1S/C15H12ClF3N2O2/c16-12-6-2-1-5-11(12)13(22)21-8-10-4-3-7-20-14(10)23-9-15(17,18)19/h1-7H,8-9H2,(H,21,22). The van der Waals surface area contributed by atoms with Crippen molar-refractivity contribution in [1.82, 2.24) is 10.3 Å². The molecule has 0 spiro atoms. The Labute approximate surface area is 135 Å². The van der Waals surface area contributed by atoms with Gasteiger partial charge < -0.3 is 10.1 Å². The largest absolute Gasteiger partial charge is 0.468 e. The zero-order valence-electron chi connectivity index (χ0n) is 11.7. The van der Waals surface area contributed by atoms with E-state index >= 15 is 0 Å². The Morgan fingerprint density at radius 2 is 1.96 bits per heavy atom. The molecule has 0 aliphatic rings. The predicted molar refractivity (Wildman–Crippen MR) is 78.4 cm³/mol. The van der Waals surface area contributed by atoms with Crippen LogP contribution in [0.1, 0.15) is 15.9 Å². The van der Waals surface area contributed by atoms with E-state index in [1.165, 1.54) is 18.3 Å². The molecule has 122 valence electrons. The molecule has 4 nitrogen and oxygen atoms in total. The van der Waals surface area contributed by atoms with E-state index < -0.39 is 18.7 Å². The van der Waals surface area contributed by atoms with E-state index in [9.17, 15) is 18.0 Å². The normalized spacial score (nSPS) is 11.1. The van der Waals surface area contributed by atoms with Gasteiger partial charge in [0, 0.05) is 18.3 Å². The molecule has 2 rings (SSSR count). The van der Waals surface area contributed by atoms with Gasteiger partial charge in [-0.3, -0.25) is 4.79 Å². The van der Waals surface area contributed by atoms with Crippen LogP contribution in [0.15, 0.2) is 42.6 Å². The van der Waals surface area contributed by atoms with Crippen molar-refractivity contribution >= 4 is 17.5 Å². The van der Waals surface area contributed by atoms with Crippen LogP contribution in [0.4, 0.5) is 13.2 Å². The SMILES string of the molecule is O=C(NCc1cccnc1OCC(F)(F)F)c1ccccc1Cl. The summed E-state index contributed by atoms with van der Waals surface area (Å²) in [5, 5.41) is 2.85. The van der Waals surface area contributed by atoms with E-state index in [0.717, 1.165) is 0 Å².